The van der Waals surface area contributed by atoms with E-state index in [0.717, 1.165) is 25.0 Å². The first kappa shape index (κ1) is 16.3. The number of ether oxygens (including phenoxy) is 1. The highest BCUT2D eigenvalue weighted by atomic mass is 16.5. The minimum absolute atomic E-state index is 0.0393. The predicted octanol–water partition coefficient (Wildman–Crippen LogP) is 2.22. The lowest BCUT2D eigenvalue weighted by atomic mass is 9.82. The summed E-state index contributed by atoms with van der Waals surface area (Å²) in [6.07, 6.45) is 7.99. The number of hydrogen-bond acceptors (Lipinski definition) is 4. The first-order valence-electron chi connectivity index (χ1n) is 9.00. The number of amides is 1. The van der Waals surface area contributed by atoms with Gasteiger partial charge in [-0.05, 0) is 38.3 Å². The molecule has 6 heteroatoms. The van der Waals surface area contributed by atoms with E-state index in [-0.39, 0.29) is 28.7 Å². The SMILES string of the molecule is Cc1cccc2ncc(C(=O)NC3COC4(CCCCC4)C3)c(=O)n12. The highest BCUT2D eigenvalue weighted by Crippen LogP contribution is 2.39. The van der Waals surface area contributed by atoms with E-state index in [2.05, 4.69) is 10.3 Å². The first-order chi connectivity index (χ1) is 12.1. The molecule has 132 valence electrons. The molecule has 1 amide bonds. The zero-order chi connectivity index (χ0) is 17.4. The molecule has 25 heavy (non-hydrogen) atoms. The molecule has 2 aromatic rings. The number of hydrogen-bond donors (Lipinski definition) is 1. The first-order valence-corrected chi connectivity index (χ1v) is 9.00. The molecule has 0 bridgehead atoms. The van der Waals surface area contributed by atoms with Crippen molar-refractivity contribution in [3.63, 3.8) is 0 Å². The van der Waals surface area contributed by atoms with E-state index in [1.54, 1.807) is 6.07 Å². The quantitative estimate of drug-likeness (QED) is 0.909. The standard InChI is InChI=1S/C19H23N3O3/c1-13-6-5-7-16-20-11-15(18(24)22(13)16)17(23)21-14-10-19(25-12-14)8-3-2-4-9-19/h5-7,11,14H,2-4,8-10,12H2,1H3,(H,21,23). The van der Waals surface area contributed by atoms with Gasteiger partial charge in [-0.15, -0.1) is 0 Å². The van der Waals surface area contributed by atoms with E-state index in [9.17, 15) is 9.59 Å². The van der Waals surface area contributed by atoms with E-state index < -0.39 is 0 Å². The molecule has 1 unspecified atom stereocenters. The molecule has 1 atom stereocenters. The van der Waals surface area contributed by atoms with Crippen LogP contribution in [-0.4, -0.2) is 33.5 Å². The van der Waals surface area contributed by atoms with Crippen LogP contribution in [0.25, 0.3) is 5.65 Å². The van der Waals surface area contributed by atoms with Crippen LogP contribution in [0.5, 0.6) is 0 Å². The Kier molecular flexibility index (Phi) is 4.07. The van der Waals surface area contributed by atoms with Crippen molar-refractivity contribution in [3.8, 4) is 0 Å². The minimum atomic E-state index is -0.364. The smallest absolute Gasteiger partial charge is 0.270 e. The molecule has 2 aliphatic rings. The van der Waals surface area contributed by atoms with Crippen LogP contribution in [-0.2, 0) is 4.74 Å². The highest BCUT2D eigenvalue weighted by Gasteiger charge is 2.41. The van der Waals surface area contributed by atoms with Gasteiger partial charge in [0.25, 0.3) is 11.5 Å². The Hall–Kier alpha value is -2.21. The maximum atomic E-state index is 12.7. The van der Waals surface area contributed by atoms with Crippen molar-refractivity contribution < 1.29 is 9.53 Å². The molecule has 2 aromatic heterocycles. The zero-order valence-electron chi connectivity index (χ0n) is 14.5. The number of carbonyl (C=O) groups is 1. The van der Waals surface area contributed by atoms with Gasteiger partial charge in [0.2, 0.25) is 0 Å². The normalized spacial score (nSPS) is 22.4. The third kappa shape index (κ3) is 2.95. The predicted molar refractivity (Wildman–Crippen MR) is 93.8 cm³/mol. The summed E-state index contributed by atoms with van der Waals surface area (Å²) in [7, 11) is 0. The Morgan fingerprint density at radius 1 is 1.32 bits per heavy atom. The van der Waals surface area contributed by atoms with E-state index in [0.29, 0.717) is 12.3 Å². The molecular weight excluding hydrogens is 318 g/mol. The van der Waals surface area contributed by atoms with Gasteiger partial charge >= 0.3 is 0 Å². The third-order valence-corrected chi connectivity index (χ3v) is 5.48. The van der Waals surface area contributed by atoms with Crippen LogP contribution in [0.1, 0.15) is 54.6 Å². The van der Waals surface area contributed by atoms with Crippen LogP contribution in [0, 0.1) is 6.92 Å². The zero-order valence-corrected chi connectivity index (χ0v) is 14.5. The average molecular weight is 341 g/mol. The van der Waals surface area contributed by atoms with E-state index in [1.165, 1.54) is 29.9 Å². The molecule has 1 aliphatic heterocycles. The summed E-state index contributed by atoms with van der Waals surface area (Å²) >= 11 is 0. The molecular formula is C19H23N3O3. The minimum Gasteiger partial charge on any atom is -0.373 e. The summed E-state index contributed by atoms with van der Waals surface area (Å²) in [6, 6.07) is 5.39. The van der Waals surface area contributed by atoms with Gasteiger partial charge in [0.05, 0.1) is 18.2 Å². The molecule has 6 nitrogen and oxygen atoms in total. The second kappa shape index (κ2) is 6.26. The molecule has 0 aromatic carbocycles. The summed E-state index contributed by atoms with van der Waals surface area (Å²) in [5, 5.41) is 2.97. The summed E-state index contributed by atoms with van der Waals surface area (Å²) in [5.41, 5.74) is 0.994. The van der Waals surface area contributed by atoms with Gasteiger partial charge in [0.15, 0.2) is 0 Å². The largest absolute Gasteiger partial charge is 0.373 e. The molecule has 1 saturated carbocycles. The molecule has 2 fully saturated rings. The molecule has 1 saturated heterocycles. The van der Waals surface area contributed by atoms with Crippen LogP contribution in [0.3, 0.4) is 0 Å². The maximum Gasteiger partial charge on any atom is 0.270 e. The number of carbonyl (C=O) groups excluding carboxylic acids is 1. The second-order valence-electron chi connectivity index (χ2n) is 7.27. The van der Waals surface area contributed by atoms with Gasteiger partial charge in [-0.2, -0.15) is 0 Å². The number of fused-ring (bicyclic) bond motifs is 1. The van der Waals surface area contributed by atoms with Crippen molar-refractivity contribution in [3.05, 3.63) is 46.0 Å². The van der Waals surface area contributed by atoms with Crippen molar-refractivity contribution in [2.45, 2.75) is 57.1 Å². The number of pyridine rings is 1. The summed E-state index contributed by atoms with van der Waals surface area (Å²) in [4.78, 5) is 29.6. The summed E-state index contributed by atoms with van der Waals surface area (Å²) in [6.45, 7) is 2.35. The molecule has 4 rings (SSSR count). The second-order valence-corrected chi connectivity index (χ2v) is 7.27. The van der Waals surface area contributed by atoms with Gasteiger partial charge in [-0.3, -0.25) is 14.0 Å². The third-order valence-electron chi connectivity index (χ3n) is 5.48. The van der Waals surface area contributed by atoms with E-state index in [1.807, 2.05) is 19.1 Å². The summed E-state index contributed by atoms with van der Waals surface area (Å²) in [5.74, 6) is -0.364. The monoisotopic (exact) mass is 341 g/mol. The Labute approximate surface area is 146 Å². The molecule has 3 heterocycles. The number of nitrogens with one attached hydrogen (secondary N) is 1. The maximum absolute atomic E-state index is 12.7. The molecule has 1 spiro atoms. The fraction of sp³-hybridized carbons (Fsp3) is 0.526. The van der Waals surface area contributed by atoms with Crippen LogP contribution >= 0.6 is 0 Å². The Bertz CT molecular complexity index is 868. The van der Waals surface area contributed by atoms with Crippen molar-refractivity contribution >= 4 is 11.6 Å². The van der Waals surface area contributed by atoms with Crippen LogP contribution < -0.4 is 10.9 Å². The molecule has 1 N–H and O–H groups in total. The summed E-state index contributed by atoms with van der Waals surface area (Å²) < 4.78 is 7.51. The average Bonchev–Trinajstić information content (AvgIpc) is 2.97. The van der Waals surface area contributed by atoms with Crippen molar-refractivity contribution in [2.24, 2.45) is 0 Å². The Morgan fingerprint density at radius 3 is 2.92 bits per heavy atom. The lowest BCUT2D eigenvalue weighted by Crippen LogP contribution is -2.40. The fourth-order valence-corrected chi connectivity index (χ4v) is 4.17. The lowest BCUT2D eigenvalue weighted by Gasteiger charge is -2.32. The number of aryl methyl sites for hydroxylation is 1. The number of nitrogens with zero attached hydrogens (tertiary/aromatic N) is 2. The Morgan fingerprint density at radius 2 is 2.12 bits per heavy atom. The lowest BCUT2D eigenvalue weighted by molar-refractivity contribution is -0.0246. The van der Waals surface area contributed by atoms with Crippen molar-refractivity contribution in [1.29, 1.82) is 0 Å². The van der Waals surface area contributed by atoms with Crippen LogP contribution in [0.2, 0.25) is 0 Å². The van der Waals surface area contributed by atoms with Crippen molar-refractivity contribution in [1.82, 2.24) is 14.7 Å². The van der Waals surface area contributed by atoms with Crippen LogP contribution in [0.4, 0.5) is 0 Å². The van der Waals surface area contributed by atoms with E-state index >= 15 is 0 Å². The van der Waals surface area contributed by atoms with Crippen molar-refractivity contribution in [2.75, 3.05) is 6.61 Å². The molecule has 1 aliphatic carbocycles. The van der Waals surface area contributed by atoms with Gasteiger partial charge in [0.1, 0.15) is 11.2 Å². The van der Waals surface area contributed by atoms with E-state index in [4.69, 9.17) is 4.74 Å². The van der Waals surface area contributed by atoms with Gasteiger partial charge in [-0.25, -0.2) is 4.98 Å². The highest BCUT2D eigenvalue weighted by molar-refractivity contribution is 5.94. The molecule has 0 radical (unpaired) electrons. The number of aromatic nitrogens is 2. The number of rotatable bonds is 2. The van der Waals surface area contributed by atoms with Gasteiger partial charge in [0, 0.05) is 11.9 Å². The van der Waals surface area contributed by atoms with Crippen LogP contribution in [0.15, 0.2) is 29.2 Å². The van der Waals surface area contributed by atoms with Gasteiger partial charge in [-0.1, -0.05) is 25.3 Å². The Balaban J connectivity index is 1.54. The van der Waals surface area contributed by atoms with Gasteiger partial charge < -0.3 is 10.1 Å². The topological polar surface area (TPSA) is 72.7 Å². The fourth-order valence-electron chi connectivity index (χ4n) is 4.17.